The summed E-state index contributed by atoms with van der Waals surface area (Å²) in [5, 5.41) is 5.59. The lowest BCUT2D eigenvalue weighted by Crippen LogP contribution is -2.08. The van der Waals surface area contributed by atoms with Crippen LogP contribution >= 0.6 is 11.6 Å². The van der Waals surface area contributed by atoms with Crippen LogP contribution in [0.4, 0.5) is 0 Å². The number of nitrogens with zero attached hydrogens (tertiary/aromatic N) is 3. The molecule has 0 aliphatic heterocycles. The normalized spacial score (nSPS) is 11.4. The Labute approximate surface area is 154 Å². The van der Waals surface area contributed by atoms with Crippen molar-refractivity contribution >= 4 is 34.8 Å². The third-order valence-electron chi connectivity index (χ3n) is 3.95. The number of benzene rings is 2. The number of hydrogen-bond donors (Lipinski definition) is 1. The Morgan fingerprint density at radius 2 is 1.81 bits per heavy atom. The lowest BCUT2D eigenvalue weighted by Gasteiger charge is -1.99. The van der Waals surface area contributed by atoms with Gasteiger partial charge >= 0.3 is 0 Å². The monoisotopic (exact) mass is 362 g/mol. The van der Waals surface area contributed by atoms with Crippen LogP contribution in [0.3, 0.4) is 0 Å². The molecule has 0 amide bonds. The van der Waals surface area contributed by atoms with E-state index in [9.17, 15) is 4.79 Å². The summed E-state index contributed by atoms with van der Waals surface area (Å²) in [6.45, 7) is 0.590. The Balaban J connectivity index is 1.63. The summed E-state index contributed by atoms with van der Waals surface area (Å²) in [5.41, 5.74) is 2.30. The Morgan fingerprint density at radius 3 is 2.58 bits per heavy atom. The van der Waals surface area contributed by atoms with E-state index < -0.39 is 0 Å². The Kier molecular flexibility index (Phi) is 4.37. The fourth-order valence-corrected chi connectivity index (χ4v) is 2.79. The molecular weight excluding hydrogens is 348 g/mol. The minimum Gasteiger partial charge on any atom is -0.306 e. The highest BCUT2D eigenvalue weighted by Gasteiger charge is 2.08. The fraction of sp³-hybridized carbons (Fsp3) is 0.0500. The molecular formula is C20H15ClN4O. The number of rotatable bonds is 4. The van der Waals surface area contributed by atoms with Crippen molar-refractivity contribution in [1.82, 2.24) is 19.7 Å². The molecule has 2 heterocycles. The minimum absolute atomic E-state index is 0.204. The molecule has 1 N–H and O–H groups in total. The zero-order valence-corrected chi connectivity index (χ0v) is 14.5. The van der Waals surface area contributed by atoms with Crippen molar-refractivity contribution in [2.75, 3.05) is 0 Å². The number of aromatic nitrogens is 4. The predicted octanol–water partition coefficient (Wildman–Crippen LogP) is 3.99. The molecule has 0 saturated carbocycles. The molecule has 0 spiro atoms. The first-order valence-corrected chi connectivity index (χ1v) is 8.50. The van der Waals surface area contributed by atoms with Crippen LogP contribution in [0.25, 0.3) is 23.2 Å². The van der Waals surface area contributed by atoms with Gasteiger partial charge < -0.3 is 4.98 Å². The average molecular weight is 363 g/mol. The summed E-state index contributed by atoms with van der Waals surface area (Å²) < 4.78 is 1.73. The lowest BCUT2D eigenvalue weighted by atomic mass is 10.2. The molecule has 0 aliphatic carbocycles. The Morgan fingerprint density at radius 1 is 1.04 bits per heavy atom. The van der Waals surface area contributed by atoms with E-state index in [1.807, 2.05) is 60.7 Å². The topological polar surface area (TPSA) is 63.6 Å². The molecule has 128 valence electrons. The maximum absolute atomic E-state index is 12.3. The molecule has 0 radical (unpaired) electrons. The second kappa shape index (κ2) is 6.98. The number of aromatic amines is 1. The van der Waals surface area contributed by atoms with Crippen molar-refractivity contribution in [2.24, 2.45) is 0 Å². The summed E-state index contributed by atoms with van der Waals surface area (Å²) in [5.74, 6) is 0.461. The third-order valence-corrected chi connectivity index (χ3v) is 4.20. The van der Waals surface area contributed by atoms with Crippen LogP contribution in [0.1, 0.15) is 17.0 Å². The zero-order valence-electron chi connectivity index (χ0n) is 13.8. The van der Waals surface area contributed by atoms with Crippen molar-refractivity contribution in [3.05, 3.63) is 93.1 Å². The average Bonchev–Trinajstić information content (AvgIpc) is 3.05. The smallest absolute Gasteiger partial charge is 0.262 e. The van der Waals surface area contributed by atoms with E-state index in [0.29, 0.717) is 28.4 Å². The fourth-order valence-electron chi connectivity index (χ4n) is 2.66. The number of fused-ring (bicyclic) bond motifs is 1. The van der Waals surface area contributed by atoms with Gasteiger partial charge in [-0.2, -0.15) is 5.10 Å². The summed E-state index contributed by atoms with van der Waals surface area (Å²) in [4.78, 5) is 19.5. The van der Waals surface area contributed by atoms with Gasteiger partial charge in [-0.05, 0) is 29.3 Å². The first-order valence-electron chi connectivity index (χ1n) is 8.12. The number of hydrogen-bond acceptors (Lipinski definition) is 3. The molecule has 2 aromatic heterocycles. The van der Waals surface area contributed by atoms with Gasteiger partial charge in [0.05, 0.1) is 6.54 Å². The van der Waals surface area contributed by atoms with Gasteiger partial charge in [-0.3, -0.25) is 9.48 Å². The second-order valence-electron chi connectivity index (χ2n) is 5.89. The number of nitrogens with one attached hydrogen (secondary N) is 1. The highest BCUT2D eigenvalue weighted by molar-refractivity contribution is 6.30. The van der Waals surface area contributed by atoms with Crippen molar-refractivity contribution in [3.63, 3.8) is 0 Å². The summed E-state index contributed by atoms with van der Waals surface area (Å²) in [7, 11) is 0. The van der Waals surface area contributed by atoms with Crippen molar-refractivity contribution in [3.8, 4) is 0 Å². The van der Waals surface area contributed by atoms with Crippen LogP contribution < -0.4 is 5.56 Å². The van der Waals surface area contributed by atoms with Crippen LogP contribution in [-0.4, -0.2) is 19.7 Å². The van der Waals surface area contributed by atoms with Crippen LogP contribution in [0.15, 0.2) is 65.6 Å². The minimum atomic E-state index is -0.204. The highest BCUT2D eigenvalue weighted by atomic mass is 35.5. The van der Waals surface area contributed by atoms with E-state index in [-0.39, 0.29) is 5.56 Å². The largest absolute Gasteiger partial charge is 0.306 e. The van der Waals surface area contributed by atoms with Gasteiger partial charge in [0.15, 0.2) is 5.65 Å². The van der Waals surface area contributed by atoms with E-state index >= 15 is 0 Å². The first kappa shape index (κ1) is 16.3. The second-order valence-corrected chi connectivity index (χ2v) is 6.32. The third kappa shape index (κ3) is 3.58. The van der Waals surface area contributed by atoms with Gasteiger partial charge in [-0.1, -0.05) is 60.1 Å². The number of H-pyrrole nitrogens is 1. The SMILES string of the molecule is O=c1[nH]c(/C=C/c2ccc(Cl)cc2)nc2nn(Cc3ccccc3)cc12. The summed E-state index contributed by atoms with van der Waals surface area (Å²) in [6.07, 6.45) is 5.34. The highest BCUT2D eigenvalue weighted by Crippen LogP contribution is 2.12. The summed E-state index contributed by atoms with van der Waals surface area (Å²) >= 11 is 5.88. The van der Waals surface area contributed by atoms with Gasteiger partial charge in [-0.15, -0.1) is 0 Å². The maximum atomic E-state index is 12.3. The molecule has 5 nitrogen and oxygen atoms in total. The van der Waals surface area contributed by atoms with Gasteiger partial charge in [0.2, 0.25) is 0 Å². The quantitative estimate of drug-likeness (QED) is 0.597. The number of halogens is 1. The van der Waals surface area contributed by atoms with Crippen molar-refractivity contribution in [2.45, 2.75) is 6.54 Å². The molecule has 26 heavy (non-hydrogen) atoms. The molecule has 4 rings (SSSR count). The van der Waals surface area contributed by atoms with Crippen LogP contribution in [0.2, 0.25) is 5.02 Å². The lowest BCUT2D eigenvalue weighted by molar-refractivity contribution is 0.693. The predicted molar refractivity (Wildman–Crippen MR) is 104 cm³/mol. The molecule has 0 fully saturated rings. The van der Waals surface area contributed by atoms with E-state index in [1.54, 1.807) is 17.0 Å². The maximum Gasteiger partial charge on any atom is 0.262 e. The molecule has 0 saturated heterocycles. The van der Waals surface area contributed by atoms with Crippen LogP contribution in [-0.2, 0) is 6.54 Å². The molecule has 0 unspecified atom stereocenters. The molecule has 0 bridgehead atoms. The van der Waals surface area contributed by atoms with Crippen molar-refractivity contribution < 1.29 is 0 Å². The first-order chi connectivity index (χ1) is 12.7. The van der Waals surface area contributed by atoms with Gasteiger partial charge in [0.25, 0.3) is 5.56 Å². The Hall–Kier alpha value is -3.18. The molecule has 6 heteroatoms. The Bertz CT molecular complexity index is 1130. The van der Waals surface area contributed by atoms with Gasteiger partial charge in [0, 0.05) is 11.2 Å². The van der Waals surface area contributed by atoms with E-state index in [1.165, 1.54) is 0 Å². The molecule has 4 aromatic rings. The van der Waals surface area contributed by atoms with E-state index in [2.05, 4.69) is 15.1 Å². The van der Waals surface area contributed by atoms with Gasteiger partial charge in [0.1, 0.15) is 11.2 Å². The van der Waals surface area contributed by atoms with E-state index in [4.69, 9.17) is 11.6 Å². The van der Waals surface area contributed by atoms with Crippen LogP contribution in [0, 0.1) is 0 Å². The molecule has 0 atom stereocenters. The van der Waals surface area contributed by atoms with E-state index in [0.717, 1.165) is 11.1 Å². The van der Waals surface area contributed by atoms with Gasteiger partial charge in [-0.25, -0.2) is 4.98 Å². The molecule has 2 aromatic carbocycles. The summed E-state index contributed by atoms with van der Waals surface area (Å²) in [6, 6.07) is 17.4. The molecule has 0 aliphatic rings. The zero-order chi connectivity index (χ0) is 17.9. The standard InChI is InChI=1S/C20H15ClN4O/c21-16-9-6-14(7-10-16)8-11-18-22-19-17(20(26)23-18)13-25(24-19)12-15-4-2-1-3-5-15/h1-11,13H,12H2,(H,22,23,24,26)/b11-8+. The van der Waals surface area contributed by atoms with Crippen LogP contribution in [0.5, 0.6) is 0 Å². The van der Waals surface area contributed by atoms with Crippen molar-refractivity contribution in [1.29, 1.82) is 0 Å².